The molecule has 5 nitrogen and oxygen atoms in total. The van der Waals surface area contributed by atoms with E-state index in [1.807, 2.05) is 36.4 Å². The molecule has 0 unspecified atom stereocenters. The first-order valence-corrected chi connectivity index (χ1v) is 10.5. The van der Waals surface area contributed by atoms with Crippen LogP contribution in [0.4, 0.5) is 0 Å². The summed E-state index contributed by atoms with van der Waals surface area (Å²) < 4.78 is 1.77. The molecule has 1 amide bonds. The lowest BCUT2D eigenvalue weighted by molar-refractivity contribution is 0.0779. The van der Waals surface area contributed by atoms with Crippen molar-refractivity contribution in [1.82, 2.24) is 19.9 Å². The summed E-state index contributed by atoms with van der Waals surface area (Å²) in [5.74, 6) is -0.148. The van der Waals surface area contributed by atoms with Gasteiger partial charge in [-0.25, -0.2) is 4.68 Å². The third kappa shape index (κ3) is 4.72. The van der Waals surface area contributed by atoms with Gasteiger partial charge in [0.1, 0.15) is 6.04 Å². The summed E-state index contributed by atoms with van der Waals surface area (Å²) in [6, 6.07) is 28.5. The first kappa shape index (κ1) is 20.5. The van der Waals surface area contributed by atoms with Crippen LogP contribution in [0.5, 0.6) is 0 Å². The topological polar surface area (TPSA) is 51.0 Å². The summed E-state index contributed by atoms with van der Waals surface area (Å²) in [7, 11) is 1.79. The Hall–Kier alpha value is -3.73. The van der Waals surface area contributed by atoms with Crippen LogP contribution in [0.15, 0.2) is 91.1 Å². The number of nitrogens with zero attached hydrogens (tertiary/aromatic N) is 4. The molecule has 0 atom stereocenters. The summed E-state index contributed by atoms with van der Waals surface area (Å²) >= 11 is 0. The van der Waals surface area contributed by atoms with Crippen LogP contribution in [0.25, 0.3) is 0 Å². The molecule has 0 N–H and O–H groups in total. The Labute approximate surface area is 183 Å². The molecule has 0 radical (unpaired) electrons. The number of hydrogen-bond donors (Lipinski definition) is 0. The number of aromatic nitrogens is 3. The Morgan fingerprint density at radius 1 is 0.871 bits per heavy atom. The molecule has 1 heterocycles. The molecular formula is C26H26N4O. The van der Waals surface area contributed by atoms with Gasteiger partial charge in [-0.05, 0) is 28.7 Å². The highest BCUT2D eigenvalue weighted by Gasteiger charge is 2.21. The van der Waals surface area contributed by atoms with Gasteiger partial charge in [0.05, 0.1) is 6.20 Å². The second kappa shape index (κ2) is 9.39. The van der Waals surface area contributed by atoms with Crippen molar-refractivity contribution < 1.29 is 4.79 Å². The van der Waals surface area contributed by atoms with E-state index in [-0.39, 0.29) is 11.9 Å². The predicted octanol–water partition coefficient (Wildman–Crippen LogP) is 4.75. The maximum atomic E-state index is 13.0. The van der Waals surface area contributed by atoms with Gasteiger partial charge in [0.15, 0.2) is 5.69 Å². The number of amides is 1. The normalized spacial score (nSPS) is 10.9. The summed E-state index contributed by atoms with van der Waals surface area (Å²) in [6.45, 7) is 2.66. The van der Waals surface area contributed by atoms with E-state index < -0.39 is 0 Å². The van der Waals surface area contributed by atoms with Gasteiger partial charge in [-0.3, -0.25) is 4.79 Å². The molecule has 0 fully saturated rings. The first-order valence-electron chi connectivity index (χ1n) is 10.5. The van der Waals surface area contributed by atoms with Gasteiger partial charge < -0.3 is 4.90 Å². The zero-order valence-corrected chi connectivity index (χ0v) is 17.8. The Balaban J connectivity index is 1.57. The lowest BCUT2D eigenvalue weighted by Crippen LogP contribution is -2.26. The van der Waals surface area contributed by atoms with Gasteiger partial charge in [-0.2, -0.15) is 0 Å². The van der Waals surface area contributed by atoms with E-state index in [4.69, 9.17) is 0 Å². The van der Waals surface area contributed by atoms with E-state index in [0.29, 0.717) is 12.2 Å². The molecule has 5 heteroatoms. The van der Waals surface area contributed by atoms with Crippen LogP contribution in [0.1, 0.15) is 45.7 Å². The van der Waals surface area contributed by atoms with E-state index >= 15 is 0 Å². The summed E-state index contributed by atoms with van der Waals surface area (Å²) in [6.07, 6.45) is 2.74. The lowest BCUT2D eigenvalue weighted by Gasteiger charge is -2.18. The zero-order valence-electron chi connectivity index (χ0n) is 17.8. The number of carbonyl (C=O) groups excluding carboxylic acids is 1. The van der Waals surface area contributed by atoms with Crippen molar-refractivity contribution in [3.8, 4) is 0 Å². The molecule has 1 aromatic heterocycles. The van der Waals surface area contributed by atoms with Crippen LogP contribution in [0.2, 0.25) is 0 Å². The van der Waals surface area contributed by atoms with E-state index in [2.05, 4.69) is 65.8 Å². The summed E-state index contributed by atoms with van der Waals surface area (Å²) in [5.41, 5.74) is 4.88. The summed E-state index contributed by atoms with van der Waals surface area (Å²) in [5, 5.41) is 8.52. The van der Waals surface area contributed by atoms with Crippen LogP contribution in [0, 0.1) is 0 Å². The van der Waals surface area contributed by atoms with Crippen LogP contribution in [-0.2, 0) is 13.0 Å². The average Bonchev–Trinajstić information content (AvgIpc) is 3.30. The van der Waals surface area contributed by atoms with Crippen molar-refractivity contribution in [1.29, 1.82) is 0 Å². The average molecular weight is 411 g/mol. The van der Waals surface area contributed by atoms with Crippen LogP contribution < -0.4 is 0 Å². The minimum Gasteiger partial charge on any atom is -0.336 e. The number of carbonyl (C=O) groups is 1. The molecule has 0 aliphatic heterocycles. The van der Waals surface area contributed by atoms with E-state index in [0.717, 1.165) is 23.1 Å². The SMILES string of the molecule is CCc1ccc(CN(C)C(=O)c2cn(C(c3ccccc3)c3ccccc3)nn2)cc1. The van der Waals surface area contributed by atoms with Crippen molar-refractivity contribution >= 4 is 5.91 Å². The Morgan fingerprint density at radius 2 is 1.42 bits per heavy atom. The van der Waals surface area contributed by atoms with E-state index in [1.165, 1.54) is 5.56 Å². The molecule has 0 aliphatic carbocycles. The van der Waals surface area contributed by atoms with Crippen LogP contribution >= 0.6 is 0 Å². The molecule has 0 aliphatic rings. The molecule has 4 rings (SSSR count). The Morgan fingerprint density at radius 3 is 1.97 bits per heavy atom. The van der Waals surface area contributed by atoms with Crippen LogP contribution in [0.3, 0.4) is 0 Å². The smallest absolute Gasteiger partial charge is 0.276 e. The molecule has 0 saturated carbocycles. The van der Waals surface area contributed by atoms with Crippen LogP contribution in [-0.4, -0.2) is 32.8 Å². The van der Waals surface area contributed by atoms with Crippen molar-refractivity contribution in [3.05, 3.63) is 119 Å². The van der Waals surface area contributed by atoms with Gasteiger partial charge in [0.2, 0.25) is 0 Å². The lowest BCUT2D eigenvalue weighted by atomic mass is 9.99. The highest BCUT2D eigenvalue weighted by Crippen LogP contribution is 2.26. The molecule has 0 bridgehead atoms. The third-order valence-electron chi connectivity index (χ3n) is 5.42. The monoisotopic (exact) mass is 410 g/mol. The second-order valence-electron chi connectivity index (χ2n) is 7.64. The fourth-order valence-corrected chi connectivity index (χ4v) is 3.69. The number of rotatable bonds is 7. The van der Waals surface area contributed by atoms with Gasteiger partial charge >= 0.3 is 0 Å². The van der Waals surface area contributed by atoms with Crippen molar-refractivity contribution in [2.45, 2.75) is 25.9 Å². The standard InChI is InChI=1S/C26H26N4O/c1-3-20-14-16-21(17-15-20)18-29(2)26(31)24-19-30(28-27-24)25(22-10-6-4-7-11-22)23-12-8-5-9-13-23/h4-17,19,25H,3,18H2,1-2H3. The highest BCUT2D eigenvalue weighted by atomic mass is 16.2. The number of hydrogen-bond acceptors (Lipinski definition) is 3. The van der Waals surface area contributed by atoms with Crippen molar-refractivity contribution in [2.75, 3.05) is 7.05 Å². The van der Waals surface area contributed by atoms with E-state index in [9.17, 15) is 4.79 Å². The van der Waals surface area contributed by atoms with Crippen molar-refractivity contribution in [3.63, 3.8) is 0 Å². The number of benzene rings is 3. The molecule has 31 heavy (non-hydrogen) atoms. The van der Waals surface area contributed by atoms with Gasteiger partial charge in [0, 0.05) is 13.6 Å². The summed E-state index contributed by atoms with van der Waals surface area (Å²) in [4.78, 5) is 14.7. The molecule has 156 valence electrons. The van der Waals surface area contributed by atoms with Crippen molar-refractivity contribution in [2.24, 2.45) is 0 Å². The highest BCUT2D eigenvalue weighted by molar-refractivity contribution is 5.91. The molecule has 4 aromatic rings. The Bertz CT molecular complexity index is 1080. The minimum absolute atomic E-state index is 0.148. The molecule has 0 saturated heterocycles. The zero-order chi connectivity index (χ0) is 21.6. The van der Waals surface area contributed by atoms with E-state index in [1.54, 1.807) is 22.8 Å². The molecule has 3 aromatic carbocycles. The maximum Gasteiger partial charge on any atom is 0.276 e. The largest absolute Gasteiger partial charge is 0.336 e. The second-order valence-corrected chi connectivity index (χ2v) is 7.64. The first-order chi connectivity index (χ1) is 15.2. The minimum atomic E-state index is -0.150. The third-order valence-corrected chi connectivity index (χ3v) is 5.42. The quantitative estimate of drug-likeness (QED) is 0.442. The molecular weight excluding hydrogens is 384 g/mol. The maximum absolute atomic E-state index is 13.0. The van der Waals surface area contributed by atoms with Gasteiger partial charge in [-0.15, -0.1) is 5.10 Å². The Kier molecular flexibility index (Phi) is 6.22. The van der Waals surface area contributed by atoms with Gasteiger partial charge in [-0.1, -0.05) is 97.1 Å². The predicted molar refractivity (Wildman–Crippen MR) is 122 cm³/mol. The number of aryl methyl sites for hydroxylation is 1. The van der Waals surface area contributed by atoms with Gasteiger partial charge in [0.25, 0.3) is 5.91 Å². The fraction of sp³-hybridized carbons (Fsp3) is 0.192. The molecule has 0 spiro atoms. The fourth-order valence-electron chi connectivity index (χ4n) is 3.69.